The van der Waals surface area contributed by atoms with E-state index in [0.717, 1.165) is 28.6 Å². The molecule has 0 atom stereocenters. The lowest BCUT2D eigenvalue weighted by Gasteiger charge is -2.09. The highest BCUT2D eigenvalue weighted by molar-refractivity contribution is 6.05. The molecule has 0 saturated carbocycles. The standard InChI is InChI=1S/C17H17N3O/c1-2-12-6-4-9-18-15(12)11-20-17(21)14-7-3-5-13-8-10-19-16(13)14/h3-10,19H,2,11H2,1H3,(H,20,21). The third-order valence-corrected chi connectivity index (χ3v) is 3.61. The molecular weight excluding hydrogens is 262 g/mol. The van der Waals surface area contributed by atoms with Crippen molar-refractivity contribution in [3.8, 4) is 0 Å². The van der Waals surface area contributed by atoms with Crippen LogP contribution in [0.3, 0.4) is 0 Å². The number of hydrogen-bond acceptors (Lipinski definition) is 2. The van der Waals surface area contributed by atoms with E-state index < -0.39 is 0 Å². The summed E-state index contributed by atoms with van der Waals surface area (Å²) >= 11 is 0. The number of para-hydroxylation sites is 1. The molecule has 0 saturated heterocycles. The maximum atomic E-state index is 12.4. The number of amides is 1. The Morgan fingerprint density at radius 3 is 3.00 bits per heavy atom. The summed E-state index contributed by atoms with van der Waals surface area (Å²) < 4.78 is 0. The highest BCUT2D eigenvalue weighted by Gasteiger charge is 2.11. The molecule has 106 valence electrons. The zero-order valence-corrected chi connectivity index (χ0v) is 11.9. The molecule has 2 N–H and O–H groups in total. The average molecular weight is 279 g/mol. The van der Waals surface area contributed by atoms with Crippen molar-refractivity contribution in [1.82, 2.24) is 15.3 Å². The lowest BCUT2D eigenvalue weighted by atomic mass is 10.1. The number of carbonyl (C=O) groups is 1. The van der Waals surface area contributed by atoms with Gasteiger partial charge < -0.3 is 10.3 Å². The quantitative estimate of drug-likeness (QED) is 0.771. The van der Waals surface area contributed by atoms with Crippen molar-refractivity contribution in [2.75, 3.05) is 0 Å². The fourth-order valence-corrected chi connectivity index (χ4v) is 2.49. The number of aryl methyl sites for hydroxylation is 1. The molecule has 21 heavy (non-hydrogen) atoms. The summed E-state index contributed by atoms with van der Waals surface area (Å²) in [6.45, 7) is 2.53. The number of nitrogens with zero attached hydrogens (tertiary/aromatic N) is 1. The Kier molecular flexibility index (Phi) is 3.69. The topological polar surface area (TPSA) is 57.8 Å². The second-order valence-corrected chi connectivity index (χ2v) is 4.89. The van der Waals surface area contributed by atoms with Crippen LogP contribution in [-0.2, 0) is 13.0 Å². The van der Waals surface area contributed by atoms with Crippen molar-refractivity contribution in [3.05, 3.63) is 65.6 Å². The molecule has 0 bridgehead atoms. The van der Waals surface area contributed by atoms with Crippen LogP contribution < -0.4 is 5.32 Å². The van der Waals surface area contributed by atoms with Gasteiger partial charge in [-0.3, -0.25) is 9.78 Å². The second-order valence-electron chi connectivity index (χ2n) is 4.89. The zero-order valence-electron chi connectivity index (χ0n) is 11.9. The Bertz CT molecular complexity index is 776. The Morgan fingerprint density at radius 2 is 2.14 bits per heavy atom. The van der Waals surface area contributed by atoms with Crippen LogP contribution >= 0.6 is 0 Å². The summed E-state index contributed by atoms with van der Waals surface area (Å²) in [5.74, 6) is -0.0873. The van der Waals surface area contributed by atoms with E-state index >= 15 is 0 Å². The number of H-pyrrole nitrogens is 1. The third kappa shape index (κ3) is 2.65. The summed E-state index contributed by atoms with van der Waals surface area (Å²) in [7, 11) is 0. The number of hydrogen-bond donors (Lipinski definition) is 2. The SMILES string of the molecule is CCc1cccnc1CNC(=O)c1cccc2cc[nH]c12. The molecule has 0 aliphatic heterocycles. The number of carbonyl (C=O) groups excluding carboxylic acids is 1. The molecule has 1 amide bonds. The number of rotatable bonds is 4. The minimum Gasteiger partial charge on any atom is -0.361 e. The first-order valence-corrected chi connectivity index (χ1v) is 7.06. The van der Waals surface area contributed by atoms with E-state index in [1.54, 1.807) is 6.20 Å². The number of aromatic nitrogens is 2. The summed E-state index contributed by atoms with van der Waals surface area (Å²) in [5.41, 5.74) is 3.61. The van der Waals surface area contributed by atoms with E-state index in [-0.39, 0.29) is 5.91 Å². The van der Waals surface area contributed by atoms with Crippen molar-refractivity contribution in [2.24, 2.45) is 0 Å². The number of pyridine rings is 1. The monoisotopic (exact) mass is 279 g/mol. The molecule has 2 aromatic heterocycles. The number of aromatic amines is 1. The molecule has 0 radical (unpaired) electrons. The molecule has 0 unspecified atom stereocenters. The smallest absolute Gasteiger partial charge is 0.253 e. The van der Waals surface area contributed by atoms with Crippen LogP contribution in [0.1, 0.15) is 28.5 Å². The maximum Gasteiger partial charge on any atom is 0.253 e. The van der Waals surface area contributed by atoms with Gasteiger partial charge in [-0.1, -0.05) is 25.1 Å². The van der Waals surface area contributed by atoms with E-state index in [1.807, 2.05) is 42.6 Å². The van der Waals surface area contributed by atoms with Crippen LogP contribution in [0.25, 0.3) is 10.9 Å². The van der Waals surface area contributed by atoms with Crippen LogP contribution in [0.5, 0.6) is 0 Å². The van der Waals surface area contributed by atoms with Gasteiger partial charge in [-0.05, 0) is 30.2 Å². The molecule has 3 rings (SSSR count). The fraction of sp³-hybridized carbons (Fsp3) is 0.176. The Balaban J connectivity index is 1.79. The van der Waals surface area contributed by atoms with E-state index in [4.69, 9.17) is 0 Å². The number of fused-ring (bicyclic) bond motifs is 1. The molecule has 4 nitrogen and oxygen atoms in total. The largest absolute Gasteiger partial charge is 0.361 e. The third-order valence-electron chi connectivity index (χ3n) is 3.61. The summed E-state index contributed by atoms with van der Waals surface area (Å²) in [6, 6.07) is 11.6. The van der Waals surface area contributed by atoms with Gasteiger partial charge in [0.1, 0.15) is 0 Å². The normalized spacial score (nSPS) is 10.7. The molecule has 0 aliphatic rings. The maximum absolute atomic E-state index is 12.4. The van der Waals surface area contributed by atoms with Crippen LogP contribution in [0.15, 0.2) is 48.8 Å². The van der Waals surface area contributed by atoms with Crippen molar-refractivity contribution in [1.29, 1.82) is 0 Å². The van der Waals surface area contributed by atoms with E-state index in [9.17, 15) is 4.79 Å². The molecule has 1 aromatic carbocycles. The minimum absolute atomic E-state index is 0.0873. The minimum atomic E-state index is -0.0873. The van der Waals surface area contributed by atoms with Gasteiger partial charge in [-0.15, -0.1) is 0 Å². The molecule has 0 spiro atoms. The highest BCUT2D eigenvalue weighted by atomic mass is 16.1. The Morgan fingerprint density at radius 1 is 1.24 bits per heavy atom. The summed E-state index contributed by atoms with van der Waals surface area (Å²) in [5, 5.41) is 3.99. The molecule has 0 fully saturated rings. The first-order chi connectivity index (χ1) is 10.3. The van der Waals surface area contributed by atoms with Gasteiger partial charge in [-0.25, -0.2) is 0 Å². The Hall–Kier alpha value is -2.62. The zero-order chi connectivity index (χ0) is 14.7. The fourth-order valence-electron chi connectivity index (χ4n) is 2.49. The predicted molar refractivity (Wildman–Crippen MR) is 83.1 cm³/mol. The van der Waals surface area contributed by atoms with Gasteiger partial charge in [0.2, 0.25) is 0 Å². The number of benzene rings is 1. The molecule has 3 aromatic rings. The van der Waals surface area contributed by atoms with Gasteiger partial charge in [0.15, 0.2) is 0 Å². The van der Waals surface area contributed by atoms with Crippen LogP contribution in [0.2, 0.25) is 0 Å². The molecule has 4 heteroatoms. The lowest BCUT2D eigenvalue weighted by molar-refractivity contribution is 0.0952. The Labute approximate surface area is 123 Å². The van der Waals surface area contributed by atoms with Gasteiger partial charge >= 0.3 is 0 Å². The van der Waals surface area contributed by atoms with Crippen molar-refractivity contribution in [3.63, 3.8) is 0 Å². The summed E-state index contributed by atoms with van der Waals surface area (Å²) in [6.07, 6.45) is 4.51. The molecule has 2 heterocycles. The van der Waals surface area contributed by atoms with Crippen LogP contribution in [-0.4, -0.2) is 15.9 Å². The first-order valence-electron chi connectivity index (χ1n) is 7.06. The highest BCUT2D eigenvalue weighted by Crippen LogP contribution is 2.17. The molecular formula is C17H17N3O. The molecule has 0 aliphatic carbocycles. The van der Waals surface area contributed by atoms with E-state index in [0.29, 0.717) is 12.1 Å². The van der Waals surface area contributed by atoms with Crippen molar-refractivity contribution in [2.45, 2.75) is 19.9 Å². The van der Waals surface area contributed by atoms with E-state index in [1.165, 1.54) is 0 Å². The predicted octanol–water partition coefficient (Wildman–Crippen LogP) is 3.06. The van der Waals surface area contributed by atoms with Gasteiger partial charge in [0, 0.05) is 17.8 Å². The lowest BCUT2D eigenvalue weighted by Crippen LogP contribution is -2.24. The van der Waals surface area contributed by atoms with Crippen LogP contribution in [0.4, 0.5) is 0 Å². The van der Waals surface area contributed by atoms with Gasteiger partial charge in [0.25, 0.3) is 5.91 Å². The second kappa shape index (κ2) is 5.79. The van der Waals surface area contributed by atoms with Gasteiger partial charge in [-0.2, -0.15) is 0 Å². The van der Waals surface area contributed by atoms with Crippen molar-refractivity contribution >= 4 is 16.8 Å². The summed E-state index contributed by atoms with van der Waals surface area (Å²) in [4.78, 5) is 19.8. The van der Waals surface area contributed by atoms with Gasteiger partial charge in [0.05, 0.1) is 23.3 Å². The van der Waals surface area contributed by atoms with E-state index in [2.05, 4.69) is 22.2 Å². The number of nitrogens with one attached hydrogen (secondary N) is 2. The van der Waals surface area contributed by atoms with Crippen LogP contribution in [0, 0.1) is 0 Å². The average Bonchev–Trinajstić information content (AvgIpc) is 3.01. The first kappa shape index (κ1) is 13.4. The van der Waals surface area contributed by atoms with Crippen molar-refractivity contribution < 1.29 is 4.79 Å².